The van der Waals surface area contributed by atoms with E-state index < -0.39 is 0 Å². The lowest BCUT2D eigenvalue weighted by atomic mass is 10.0. The maximum Gasteiger partial charge on any atom is 0.0644 e. The van der Waals surface area contributed by atoms with E-state index in [0.717, 1.165) is 46.1 Å². The van der Waals surface area contributed by atoms with Crippen LogP contribution in [0.15, 0.2) is 201 Å². The van der Waals surface area contributed by atoms with Gasteiger partial charge in [-0.15, -0.1) is 6.58 Å². The van der Waals surface area contributed by atoms with Crippen LogP contribution < -0.4 is 9.80 Å². The van der Waals surface area contributed by atoms with Gasteiger partial charge in [0.1, 0.15) is 0 Å². The van der Waals surface area contributed by atoms with Gasteiger partial charge in [0, 0.05) is 33.5 Å². The van der Waals surface area contributed by atoms with Crippen molar-refractivity contribution in [3.63, 3.8) is 0 Å². The highest BCUT2D eigenvalue weighted by molar-refractivity contribution is 6.00. The van der Waals surface area contributed by atoms with E-state index in [2.05, 4.69) is 204 Å². The van der Waals surface area contributed by atoms with Crippen LogP contribution in [0, 0.1) is 0 Å². The zero-order chi connectivity index (χ0) is 35.1. The largest absolute Gasteiger partial charge is 0.377 e. The van der Waals surface area contributed by atoms with Gasteiger partial charge in [-0.3, -0.25) is 0 Å². The van der Waals surface area contributed by atoms with Gasteiger partial charge in [-0.2, -0.15) is 0 Å². The molecule has 8 aromatic carbocycles. The lowest BCUT2D eigenvalue weighted by Gasteiger charge is -2.28. The Morgan fingerprint density at radius 2 is 0.904 bits per heavy atom. The summed E-state index contributed by atoms with van der Waals surface area (Å²) in [7, 11) is 0. The molecule has 0 radical (unpaired) electrons. The predicted molar refractivity (Wildman–Crippen MR) is 221 cm³/mol. The molecule has 8 aromatic rings. The van der Waals surface area contributed by atoms with Crippen molar-refractivity contribution >= 4 is 55.7 Å². The number of ether oxygens (including phenoxy) is 1. The Morgan fingerprint density at radius 1 is 0.442 bits per heavy atom. The van der Waals surface area contributed by atoms with Gasteiger partial charge in [0.05, 0.1) is 24.6 Å². The molecule has 8 rings (SSSR count). The highest BCUT2D eigenvalue weighted by Crippen LogP contribution is 2.41. The quantitative estimate of drug-likeness (QED) is 0.0949. The maximum absolute atomic E-state index is 5.72. The molecule has 3 nitrogen and oxygen atoms in total. The summed E-state index contributed by atoms with van der Waals surface area (Å²) >= 11 is 0. The van der Waals surface area contributed by atoms with Gasteiger partial charge in [0.25, 0.3) is 0 Å². The van der Waals surface area contributed by atoms with Gasteiger partial charge in [-0.05, 0) is 94.5 Å². The van der Waals surface area contributed by atoms with Crippen LogP contribution in [-0.2, 0) is 11.2 Å². The minimum atomic E-state index is 0.562. The van der Waals surface area contributed by atoms with Crippen molar-refractivity contribution in [2.75, 3.05) is 23.0 Å². The normalized spacial score (nSPS) is 11.1. The molecule has 0 unspecified atom stereocenters. The van der Waals surface area contributed by atoms with E-state index >= 15 is 0 Å². The number of rotatable bonds is 12. The maximum atomic E-state index is 5.72. The van der Waals surface area contributed by atoms with Crippen LogP contribution in [0.5, 0.6) is 0 Å². The molecular formula is C49H40N2O. The van der Waals surface area contributed by atoms with Crippen LogP contribution in [0.4, 0.5) is 34.1 Å². The molecule has 52 heavy (non-hydrogen) atoms. The van der Waals surface area contributed by atoms with Gasteiger partial charge < -0.3 is 14.5 Å². The van der Waals surface area contributed by atoms with Crippen molar-refractivity contribution in [1.29, 1.82) is 0 Å². The summed E-state index contributed by atoms with van der Waals surface area (Å²) < 4.78 is 5.72. The third kappa shape index (κ3) is 6.83. The van der Waals surface area contributed by atoms with Crippen LogP contribution in [-0.4, -0.2) is 13.2 Å². The standard InChI is InChI=1S/C49H40N2O/c1-2-34-52-35-33-37-13-10-20-45(36-37)51(49-24-12-17-41-15-7-9-22-47(41)49)44-31-27-39(28-32-44)38-25-29-43(30-26-38)50(42-18-4-3-5-19-42)48-23-11-16-40-14-6-8-21-46(40)48/h2-32,36H,1,33-35H2. The van der Waals surface area contributed by atoms with Crippen molar-refractivity contribution in [3.8, 4) is 11.1 Å². The summed E-state index contributed by atoms with van der Waals surface area (Å²) in [5.74, 6) is 0. The number of benzene rings is 8. The SMILES string of the molecule is C=CCOCCc1cccc(N(c2ccc(-c3ccc(N(c4ccccc4)c4cccc5ccccc45)cc3)cc2)c2cccc3ccccc23)c1. The minimum Gasteiger partial charge on any atom is -0.377 e. The molecule has 0 aliphatic heterocycles. The van der Waals surface area contributed by atoms with Gasteiger partial charge in [0.15, 0.2) is 0 Å². The average Bonchev–Trinajstić information content (AvgIpc) is 3.21. The predicted octanol–water partition coefficient (Wildman–Crippen LogP) is 13.3. The van der Waals surface area contributed by atoms with Crippen LogP contribution in [0.2, 0.25) is 0 Å². The Bertz CT molecular complexity index is 2420. The molecule has 3 heteroatoms. The molecule has 0 aliphatic carbocycles. The van der Waals surface area contributed by atoms with Gasteiger partial charge >= 0.3 is 0 Å². The fourth-order valence-electron chi connectivity index (χ4n) is 7.05. The molecule has 0 aliphatic rings. The summed E-state index contributed by atoms with van der Waals surface area (Å²) in [6, 6.07) is 67.5. The zero-order valence-corrected chi connectivity index (χ0v) is 29.1. The first-order valence-corrected chi connectivity index (χ1v) is 17.9. The highest BCUT2D eigenvalue weighted by Gasteiger charge is 2.17. The number of para-hydroxylation sites is 1. The Morgan fingerprint density at radius 3 is 1.48 bits per heavy atom. The van der Waals surface area contributed by atoms with Gasteiger partial charge in [-0.25, -0.2) is 0 Å². The fraction of sp³-hybridized carbons (Fsp3) is 0.0612. The number of hydrogen-bond donors (Lipinski definition) is 0. The average molecular weight is 673 g/mol. The first-order chi connectivity index (χ1) is 25.8. The number of nitrogens with zero attached hydrogens (tertiary/aromatic N) is 2. The van der Waals surface area contributed by atoms with Gasteiger partial charge in [0.2, 0.25) is 0 Å². The van der Waals surface area contributed by atoms with Crippen LogP contribution in [0.1, 0.15) is 5.56 Å². The minimum absolute atomic E-state index is 0.562. The molecule has 0 amide bonds. The molecule has 252 valence electrons. The molecule has 0 heterocycles. The highest BCUT2D eigenvalue weighted by atomic mass is 16.5. The zero-order valence-electron chi connectivity index (χ0n) is 29.1. The monoisotopic (exact) mass is 672 g/mol. The van der Waals surface area contributed by atoms with Crippen LogP contribution in [0.25, 0.3) is 32.7 Å². The summed E-state index contributed by atoms with van der Waals surface area (Å²) in [6.45, 7) is 4.99. The Hall–Kier alpha value is -6.42. The molecule has 0 atom stereocenters. The van der Waals surface area contributed by atoms with Crippen molar-refractivity contribution < 1.29 is 4.74 Å². The Kier molecular flexibility index (Phi) is 9.59. The topological polar surface area (TPSA) is 15.7 Å². The molecular weight excluding hydrogens is 633 g/mol. The molecule has 0 saturated carbocycles. The van der Waals surface area contributed by atoms with E-state index in [4.69, 9.17) is 4.74 Å². The molecule has 0 bridgehead atoms. The van der Waals surface area contributed by atoms with E-state index in [1.54, 1.807) is 6.08 Å². The lowest BCUT2D eigenvalue weighted by molar-refractivity contribution is 0.166. The number of anilines is 6. The number of fused-ring (bicyclic) bond motifs is 2. The first-order valence-electron chi connectivity index (χ1n) is 17.9. The summed E-state index contributed by atoms with van der Waals surface area (Å²) in [4.78, 5) is 4.71. The van der Waals surface area contributed by atoms with Crippen molar-refractivity contribution in [3.05, 3.63) is 206 Å². The van der Waals surface area contributed by atoms with Crippen LogP contribution >= 0.6 is 0 Å². The smallest absolute Gasteiger partial charge is 0.0644 e. The second kappa shape index (κ2) is 15.2. The van der Waals surface area contributed by atoms with Crippen molar-refractivity contribution in [2.24, 2.45) is 0 Å². The van der Waals surface area contributed by atoms with E-state index in [0.29, 0.717) is 13.2 Å². The third-order valence-electron chi connectivity index (χ3n) is 9.55. The Balaban J connectivity index is 1.14. The van der Waals surface area contributed by atoms with E-state index in [1.165, 1.54) is 32.7 Å². The lowest BCUT2D eigenvalue weighted by Crippen LogP contribution is -2.11. The first kappa shape index (κ1) is 32.8. The summed E-state index contributed by atoms with van der Waals surface area (Å²) in [5.41, 5.74) is 10.3. The number of hydrogen-bond acceptors (Lipinski definition) is 3. The summed E-state index contributed by atoms with van der Waals surface area (Å²) in [5, 5.41) is 4.86. The molecule has 0 spiro atoms. The third-order valence-corrected chi connectivity index (χ3v) is 9.55. The second-order valence-electron chi connectivity index (χ2n) is 12.9. The summed E-state index contributed by atoms with van der Waals surface area (Å²) in [6.07, 6.45) is 2.63. The second-order valence-corrected chi connectivity index (χ2v) is 12.9. The van der Waals surface area contributed by atoms with E-state index in [-0.39, 0.29) is 0 Å². The fourth-order valence-corrected chi connectivity index (χ4v) is 7.05. The van der Waals surface area contributed by atoms with E-state index in [9.17, 15) is 0 Å². The van der Waals surface area contributed by atoms with E-state index in [1.807, 2.05) is 0 Å². The van der Waals surface area contributed by atoms with Crippen LogP contribution in [0.3, 0.4) is 0 Å². The molecule has 0 N–H and O–H groups in total. The molecule has 0 saturated heterocycles. The molecule has 0 fully saturated rings. The Labute approximate surface area is 306 Å². The van der Waals surface area contributed by atoms with Crippen molar-refractivity contribution in [1.82, 2.24) is 0 Å². The molecule has 0 aromatic heterocycles. The van der Waals surface area contributed by atoms with Gasteiger partial charge in [-0.1, -0.05) is 133 Å². The van der Waals surface area contributed by atoms with Crippen molar-refractivity contribution in [2.45, 2.75) is 6.42 Å².